The fourth-order valence-electron chi connectivity index (χ4n) is 3.13. The first-order valence-corrected chi connectivity index (χ1v) is 9.55. The Bertz CT molecular complexity index is 1340. The van der Waals surface area contributed by atoms with Crippen molar-refractivity contribution in [1.29, 1.82) is 0 Å². The van der Waals surface area contributed by atoms with Crippen molar-refractivity contribution < 1.29 is 18.3 Å². The molecule has 5 aromatic rings. The van der Waals surface area contributed by atoms with Gasteiger partial charge < -0.3 is 14.5 Å². The highest BCUT2D eigenvalue weighted by Gasteiger charge is 2.13. The molecule has 0 aliphatic rings. The molecular weight excluding hydrogens is 401 g/mol. The minimum absolute atomic E-state index is 0.207. The molecule has 3 heterocycles. The van der Waals surface area contributed by atoms with Crippen LogP contribution in [0.25, 0.3) is 28.0 Å². The molecule has 154 valence electrons. The van der Waals surface area contributed by atoms with E-state index in [1.807, 2.05) is 24.3 Å². The zero-order chi connectivity index (χ0) is 21.2. The SMILES string of the molecule is O=C(NCCOc1ccc2nnc(-c3ccc(F)cc3)n2n1)c1cc2ccccc2o1. The number of para-hydroxylation sites is 1. The van der Waals surface area contributed by atoms with Crippen LogP contribution in [0.5, 0.6) is 5.88 Å². The normalized spacial score (nSPS) is 11.1. The highest BCUT2D eigenvalue weighted by Crippen LogP contribution is 2.20. The van der Waals surface area contributed by atoms with Crippen molar-refractivity contribution in [3.63, 3.8) is 0 Å². The van der Waals surface area contributed by atoms with E-state index in [0.717, 1.165) is 5.39 Å². The van der Waals surface area contributed by atoms with Crippen molar-refractivity contribution in [1.82, 2.24) is 25.1 Å². The van der Waals surface area contributed by atoms with Crippen LogP contribution in [0.3, 0.4) is 0 Å². The molecule has 0 fully saturated rings. The van der Waals surface area contributed by atoms with Crippen LogP contribution >= 0.6 is 0 Å². The number of fused-ring (bicyclic) bond motifs is 2. The third-order valence-electron chi connectivity index (χ3n) is 4.63. The largest absolute Gasteiger partial charge is 0.475 e. The molecule has 31 heavy (non-hydrogen) atoms. The van der Waals surface area contributed by atoms with Crippen LogP contribution in [-0.4, -0.2) is 38.9 Å². The van der Waals surface area contributed by atoms with E-state index >= 15 is 0 Å². The maximum Gasteiger partial charge on any atom is 0.287 e. The van der Waals surface area contributed by atoms with E-state index in [1.54, 1.807) is 30.3 Å². The van der Waals surface area contributed by atoms with Gasteiger partial charge in [-0.25, -0.2) is 4.39 Å². The first-order chi connectivity index (χ1) is 15.2. The van der Waals surface area contributed by atoms with Gasteiger partial charge in [0.15, 0.2) is 17.2 Å². The summed E-state index contributed by atoms with van der Waals surface area (Å²) >= 11 is 0. The lowest BCUT2D eigenvalue weighted by Gasteiger charge is -2.07. The number of nitrogens with zero attached hydrogens (tertiary/aromatic N) is 4. The van der Waals surface area contributed by atoms with E-state index in [2.05, 4.69) is 20.6 Å². The molecule has 8 nitrogen and oxygen atoms in total. The van der Waals surface area contributed by atoms with Crippen LogP contribution in [0.4, 0.5) is 4.39 Å². The maximum absolute atomic E-state index is 13.2. The lowest BCUT2D eigenvalue weighted by molar-refractivity contribution is 0.0921. The topological polar surface area (TPSA) is 94.5 Å². The molecule has 0 atom stereocenters. The number of carbonyl (C=O) groups excluding carboxylic acids is 1. The van der Waals surface area contributed by atoms with Crippen molar-refractivity contribution in [3.8, 4) is 17.3 Å². The van der Waals surface area contributed by atoms with E-state index in [-0.39, 0.29) is 30.6 Å². The number of carbonyl (C=O) groups is 1. The van der Waals surface area contributed by atoms with E-state index in [0.29, 0.717) is 28.5 Å². The molecule has 0 aliphatic carbocycles. The van der Waals surface area contributed by atoms with Crippen molar-refractivity contribution >= 4 is 22.5 Å². The number of furan rings is 1. The van der Waals surface area contributed by atoms with Gasteiger partial charge in [-0.15, -0.1) is 15.3 Å². The van der Waals surface area contributed by atoms with E-state index in [9.17, 15) is 9.18 Å². The minimum Gasteiger partial charge on any atom is -0.475 e. The number of amides is 1. The molecule has 9 heteroatoms. The number of aromatic nitrogens is 4. The third kappa shape index (κ3) is 3.80. The van der Waals surface area contributed by atoms with Gasteiger partial charge in [-0.2, -0.15) is 4.52 Å². The van der Waals surface area contributed by atoms with E-state index < -0.39 is 0 Å². The second-order valence-corrected chi connectivity index (χ2v) is 6.72. The molecule has 0 unspecified atom stereocenters. The Morgan fingerprint density at radius 3 is 2.74 bits per heavy atom. The highest BCUT2D eigenvalue weighted by atomic mass is 19.1. The summed E-state index contributed by atoms with van der Waals surface area (Å²) in [7, 11) is 0. The molecule has 2 aromatic carbocycles. The summed E-state index contributed by atoms with van der Waals surface area (Å²) in [6.07, 6.45) is 0. The summed E-state index contributed by atoms with van der Waals surface area (Å²) in [5.74, 6) is 0.404. The van der Waals surface area contributed by atoms with Gasteiger partial charge in [0.1, 0.15) is 18.0 Å². The molecule has 5 rings (SSSR count). The van der Waals surface area contributed by atoms with Crippen LogP contribution < -0.4 is 10.1 Å². The molecule has 3 aromatic heterocycles. The smallest absolute Gasteiger partial charge is 0.287 e. The highest BCUT2D eigenvalue weighted by molar-refractivity contribution is 5.96. The van der Waals surface area contributed by atoms with Crippen LogP contribution in [-0.2, 0) is 0 Å². The standard InChI is InChI=1S/C22H16FN5O3/c23-16-7-5-14(6-8-16)21-26-25-19-9-10-20(27-28(19)21)30-12-11-24-22(29)18-13-15-3-1-2-4-17(15)31-18/h1-10,13H,11-12H2,(H,24,29). The van der Waals surface area contributed by atoms with Crippen LogP contribution in [0.15, 0.2) is 71.1 Å². The zero-order valence-electron chi connectivity index (χ0n) is 16.2. The summed E-state index contributed by atoms with van der Waals surface area (Å²) in [5.41, 5.74) is 1.87. The Hall–Kier alpha value is -4.27. The molecule has 1 amide bonds. The average molecular weight is 417 g/mol. The monoisotopic (exact) mass is 417 g/mol. The molecule has 0 aliphatic heterocycles. The number of rotatable bonds is 6. The summed E-state index contributed by atoms with van der Waals surface area (Å²) in [4.78, 5) is 12.3. The molecule has 0 bridgehead atoms. The summed E-state index contributed by atoms with van der Waals surface area (Å²) in [6.45, 7) is 0.473. The Morgan fingerprint density at radius 1 is 1.06 bits per heavy atom. The van der Waals surface area contributed by atoms with Crippen LogP contribution in [0.2, 0.25) is 0 Å². The predicted octanol–water partition coefficient (Wildman–Crippen LogP) is 3.49. The summed E-state index contributed by atoms with van der Waals surface area (Å²) < 4.78 is 25.9. The second-order valence-electron chi connectivity index (χ2n) is 6.72. The molecule has 0 radical (unpaired) electrons. The van der Waals surface area contributed by atoms with Crippen molar-refractivity contribution in [2.24, 2.45) is 0 Å². The molecule has 0 spiro atoms. The summed E-state index contributed by atoms with van der Waals surface area (Å²) in [6, 6.07) is 18.4. The van der Waals surface area contributed by atoms with E-state index in [1.165, 1.54) is 16.6 Å². The summed E-state index contributed by atoms with van der Waals surface area (Å²) in [5, 5.41) is 16.2. The van der Waals surface area contributed by atoms with Crippen molar-refractivity contribution in [3.05, 3.63) is 78.3 Å². The number of ether oxygens (including phenoxy) is 1. The lowest BCUT2D eigenvalue weighted by Crippen LogP contribution is -2.27. The second kappa shape index (κ2) is 7.86. The fraction of sp³-hybridized carbons (Fsp3) is 0.0909. The van der Waals surface area contributed by atoms with E-state index in [4.69, 9.17) is 9.15 Å². The lowest BCUT2D eigenvalue weighted by atomic mass is 10.2. The van der Waals surface area contributed by atoms with Crippen molar-refractivity contribution in [2.75, 3.05) is 13.2 Å². The molecule has 0 saturated heterocycles. The Kier molecular flexibility index (Phi) is 4.75. The zero-order valence-corrected chi connectivity index (χ0v) is 16.2. The number of nitrogens with one attached hydrogen (secondary N) is 1. The van der Waals surface area contributed by atoms with Gasteiger partial charge in [0, 0.05) is 17.0 Å². The number of hydrogen-bond acceptors (Lipinski definition) is 6. The molecular formula is C22H16FN5O3. The van der Waals surface area contributed by atoms with Crippen LogP contribution in [0, 0.1) is 5.82 Å². The Balaban J connectivity index is 1.23. The van der Waals surface area contributed by atoms with Gasteiger partial charge >= 0.3 is 0 Å². The maximum atomic E-state index is 13.2. The van der Waals surface area contributed by atoms with Crippen LogP contribution in [0.1, 0.15) is 10.6 Å². The number of hydrogen-bond donors (Lipinski definition) is 1. The quantitative estimate of drug-likeness (QED) is 0.425. The van der Waals surface area contributed by atoms with Crippen molar-refractivity contribution in [2.45, 2.75) is 0 Å². The van der Waals surface area contributed by atoms with Gasteiger partial charge in [-0.05, 0) is 42.5 Å². The first-order valence-electron chi connectivity index (χ1n) is 9.55. The molecule has 1 N–H and O–H groups in total. The average Bonchev–Trinajstić information content (AvgIpc) is 3.41. The van der Waals surface area contributed by atoms with Gasteiger partial charge in [0.2, 0.25) is 5.88 Å². The number of benzene rings is 2. The van der Waals surface area contributed by atoms with Gasteiger partial charge in [0.25, 0.3) is 5.91 Å². The van der Waals surface area contributed by atoms with Gasteiger partial charge in [0.05, 0.1) is 6.54 Å². The Labute approximate surface area is 175 Å². The van der Waals surface area contributed by atoms with Gasteiger partial charge in [-0.3, -0.25) is 4.79 Å². The number of halogens is 1. The molecule has 0 saturated carbocycles. The first kappa shape index (κ1) is 18.7. The predicted molar refractivity (Wildman–Crippen MR) is 110 cm³/mol. The fourth-order valence-corrected chi connectivity index (χ4v) is 3.13. The third-order valence-corrected chi connectivity index (χ3v) is 4.63. The van der Waals surface area contributed by atoms with Gasteiger partial charge in [-0.1, -0.05) is 18.2 Å². The minimum atomic E-state index is -0.334. The Morgan fingerprint density at radius 2 is 1.90 bits per heavy atom.